The molecule has 0 unspecified atom stereocenters. The van der Waals surface area contributed by atoms with E-state index in [1.165, 1.54) is 6.42 Å². The van der Waals surface area contributed by atoms with Crippen molar-refractivity contribution in [1.82, 2.24) is 10.1 Å². The largest absolute Gasteiger partial charge is 0.454 e. The molecule has 1 amide bonds. The fraction of sp³-hybridized carbons (Fsp3) is 0.412. The molecule has 1 saturated heterocycles. The molecule has 1 aromatic heterocycles. The van der Waals surface area contributed by atoms with E-state index >= 15 is 0 Å². The lowest BCUT2D eigenvalue weighted by Crippen LogP contribution is -2.42. The van der Waals surface area contributed by atoms with E-state index in [1.807, 2.05) is 23.1 Å². The van der Waals surface area contributed by atoms with E-state index in [0.717, 1.165) is 24.9 Å². The molecule has 0 aliphatic carbocycles. The van der Waals surface area contributed by atoms with Gasteiger partial charge in [0.25, 0.3) is 5.91 Å². The molecule has 3 heterocycles. The lowest BCUT2D eigenvalue weighted by atomic mass is 10.0. The Morgan fingerprint density at radius 1 is 1.22 bits per heavy atom. The van der Waals surface area contributed by atoms with Crippen LogP contribution < -0.4 is 9.47 Å². The third-order valence-corrected chi connectivity index (χ3v) is 4.45. The van der Waals surface area contributed by atoms with Gasteiger partial charge in [-0.05, 0) is 44.4 Å². The number of hydrogen-bond donors (Lipinski definition) is 0. The lowest BCUT2D eigenvalue weighted by molar-refractivity contribution is 0.0625. The summed E-state index contributed by atoms with van der Waals surface area (Å²) in [6.45, 7) is 3.09. The Labute approximate surface area is 134 Å². The minimum absolute atomic E-state index is 0.0621. The highest BCUT2D eigenvalue weighted by Gasteiger charge is 2.27. The number of carbonyl (C=O) groups is 1. The number of benzene rings is 1. The second-order valence-corrected chi connectivity index (χ2v) is 5.99. The van der Waals surface area contributed by atoms with Crippen LogP contribution in [0, 0.1) is 0 Å². The van der Waals surface area contributed by atoms with Crippen molar-refractivity contribution >= 4 is 5.91 Å². The van der Waals surface area contributed by atoms with Crippen LogP contribution in [0.4, 0.5) is 0 Å². The Morgan fingerprint density at radius 3 is 2.96 bits per heavy atom. The highest BCUT2D eigenvalue weighted by Crippen LogP contribution is 2.36. The Morgan fingerprint density at radius 2 is 2.09 bits per heavy atom. The molecule has 6 heteroatoms. The molecule has 2 aliphatic rings. The number of piperidine rings is 1. The van der Waals surface area contributed by atoms with Crippen LogP contribution in [0.2, 0.25) is 0 Å². The standard InChI is InChI=1S/C17H18N2O4/c1-11-4-2-3-7-19(11)17(20)13-9-15(23-18-13)12-5-6-14-16(8-12)22-10-21-14/h5-6,8-9,11H,2-4,7,10H2,1H3/t11-/m0/s1. The molecule has 2 aliphatic heterocycles. The lowest BCUT2D eigenvalue weighted by Gasteiger charge is -2.32. The summed E-state index contributed by atoms with van der Waals surface area (Å²) in [5, 5.41) is 3.96. The molecular weight excluding hydrogens is 296 g/mol. The quantitative estimate of drug-likeness (QED) is 0.852. The van der Waals surface area contributed by atoms with E-state index < -0.39 is 0 Å². The van der Waals surface area contributed by atoms with Crippen LogP contribution in [-0.2, 0) is 0 Å². The first-order valence-electron chi connectivity index (χ1n) is 7.90. The van der Waals surface area contributed by atoms with Crippen molar-refractivity contribution in [3.05, 3.63) is 30.0 Å². The number of aromatic nitrogens is 1. The van der Waals surface area contributed by atoms with E-state index in [4.69, 9.17) is 14.0 Å². The monoisotopic (exact) mass is 314 g/mol. The molecule has 2 aromatic rings. The maximum absolute atomic E-state index is 12.6. The molecule has 120 valence electrons. The van der Waals surface area contributed by atoms with Gasteiger partial charge >= 0.3 is 0 Å². The van der Waals surface area contributed by atoms with E-state index in [9.17, 15) is 4.79 Å². The molecule has 23 heavy (non-hydrogen) atoms. The van der Waals surface area contributed by atoms with Gasteiger partial charge in [0.15, 0.2) is 23.0 Å². The third-order valence-electron chi connectivity index (χ3n) is 4.45. The number of fused-ring (bicyclic) bond motifs is 1. The van der Waals surface area contributed by atoms with E-state index in [0.29, 0.717) is 23.0 Å². The number of hydrogen-bond acceptors (Lipinski definition) is 5. The molecule has 6 nitrogen and oxygen atoms in total. The van der Waals surface area contributed by atoms with Crippen molar-refractivity contribution in [2.45, 2.75) is 32.2 Å². The predicted molar refractivity (Wildman–Crippen MR) is 82.4 cm³/mol. The summed E-state index contributed by atoms with van der Waals surface area (Å²) in [6, 6.07) is 7.48. The smallest absolute Gasteiger partial charge is 0.276 e. The van der Waals surface area contributed by atoms with Gasteiger partial charge in [-0.3, -0.25) is 4.79 Å². The highest BCUT2D eigenvalue weighted by molar-refractivity contribution is 5.93. The number of nitrogens with zero attached hydrogens (tertiary/aromatic N) is 2. The minimum atomic E-state index is -0.0621. The average molecular weight is 314 g/mol. The summed E-state index contributed by atoms with van der Waals surface area (Å²) in [6.07, 6.45) is 3.26. The van der Waals surface area contributed by atoms with Gasteiger partial charge in [-0.1, -0.05) is 5.16 Å². The first kappa shape index (κ1) is 14.1. The zero-order valence-electron chi connectivity index (χ0n) is 12.9. The van der Waals surface area contributed by atoms with Gasteiger partial charge in [-0.2, -0.15) is 0 Å². The summed E-state index contributed by atoms with van der Waals surface area (Å²) >= 11 is 0. The van der Waals surface area contributed by atoms with Crippen LogP contribution in [0.15, 0.2) is 28.8 Å². The van der Waals surface area contributed by atoms with Crippen LogP contribution in [-0.4, -0.2) is 35.3 Å². The SMILES string of the molecule is C[C@H]1CCCCN1C(=O)c1cc(-c2ccc3c(c2)OCO3)on1. The highest BCUT2D eigenvalue weighted by atomic mass is 16.7. The van der Waals surface area contributed by atoms with Crippen molar-refractivity contribution in [2.24, 2.45) is 0 Å². The molecule has 1 atom stereocenters. The topological polar surface area (TPSA) is 64.8 Å². The van der Waals surface area contributed by atoms with Crippen LogP contribution in [0.1, 0.15) is 36.7 Å². The van der Waals surface area contributed by atoms with Crippen LogP contribution in [0.5, 0.6) is 11.5 Å². The van der Waals surface area contributed by atoms with Crippen LogP contribution in [0.3, 0.4) is 0 Å². The summed E-state index contributed by atoms with van der Waals surface area (Å²) in [5.74, 6) is 1.88. The van der Waals surface area contributed by atoms with Crippen LogP contribution >= 0.6 is 0 Å². The Kier molecular flexibility index (Phi) is 3.44. The van der Waals surface area contributed by atoms with Crippen molar-refractivity contribution in [3.8, 4) is 22.8 Å². The maximum atomic E-state index is 12.6. The predicted octanol–water partition coefficient (Wildman–Crippen LogP) is 3.08. The Hall–Kier alpha value is -2.50. The van der Waals surface area contributed by atoms with Gasteiger partial charge in [-0.15, -0.1) is 0 Å². The number of amides is 1. The molecule has 1 fully saturated rings. The van der Waals surface area contributed by atoms with Gasteiger partial charge in [0, 0.05) is 24.2 Å². The molecule has 0 N–H and O–H groups in total. The summed E-state index contributed by atoms with van der Waals surface area (Å²) in [4.78, 5) is 14.5. The van der Waals surface area contributed by atoms with Crippen molar-refractivity contribution in [3.63, 3.8) is 0 Å². The number of rotatable bonds is 2. The third kappa shape index (κ3) is 2.54. The molecule has 0 spiro atoms. The minimum Gasteiger partial charge on any atom is -0.454 e. The molecule has 0 radical (unpaired) electrons. The first-order valence-corrected chi connectivity index (χ1v) is 7.90. The average Bonchev–Trinajstić information content (AvgIpc) is 3.23. The zero-order valence-corrected chi connectivity index (χ0v) is 12.9. The first-order chi connectivity index (χ1) is 11.2. The zero-order chi connectivity index (χ0) is 15.8. The van der Waals surface area contributed by atoms with E-state index in [1.54, 1.807) is 6.07 Å². The van der Waals surface area contributed by atoms with Crippen LogP contribution in [0.25, 0.3) is 11.3 Å². The van der Waals surface area contributed by atoms with E-state index in [2.05, 4.69) is 12.1 Å². The van der Waals surface area contributed by atoms with Crippen molar-refractivity contribution in [1.29, 1.82) is 0 Å². The Balaban J connectivity index is 1.58. The number of ether oxygens (including phenoxy) is 2. The molecule has 0 saturated carbocycles. The van der Waals surface area contributed by atoms with Gasteiger partial charge in [0.05, 0.1) is 0 Å². The fourth-order valence-corrected chi connectivity index (χ4v) is 3.11. The number of carbonyl (C=O) groups excluding carboxylic acids is 1. The Bertz CT molecular complexity index is 740. The van der Waals surface area contributed by atoms with E-state index in [-0.39, 0.29) is 18.7 Å². The van der Waals surface area contributed by atoms with Crippen molar-refractivity contribution in [2.75, 3.05) is 13.3 Å². The molecular formula is C17H18N2O4. The second kappa shape index (κ2) is 5.61. The van der Waals surface area contributed by atoms with Gasteiger partial charge in [0.1, 0.15) is 0 Å². The second-order valence-electron chi connectivity index (χ2n) is 5.99. The summed E-state index contributed by atoms with van der Waals surface area (Å²) in [7, 11) is 0. The molecule has 0 bridgehead atoms. The van der Waals surface area contributed by atoms with Gasteiger partial charge in [-0.25, -0.2) is 0 Å². The number of likely N-dealkylation sites (tertiary alicyclic amines) is 1. The summed E-state index contributed by atoms with van der Waals surface area (Å²) in [5.41, 5.74) is 1.17. The van der Waals surface area contributed by atoms with Gasteiger partial charge < -0.3 is 18.9 Å². The summed E-state index contributed by atoms with van der Waals surface area (Å²) < 4.78 is 16.0. The fourth-order valence-electron chi connectivity index (χ4n) is 3.11. The maximum Gasteiger partial charge on any atom is 0.276 e. The molecule has 4 rings (SSSR count). The van der Waals surface area contributed by atoms with Gasteiger partial charge in [0.2, 0.25) is 6.79 Å². The molecule has 1 aromatic carbocycles. The normalized spacial score (nSPS) is 19.9. The van der Waals surface area contributed by atoms with Crippen molar-refractivity contribution < 1.29 is 18.8 Å².